The van der Waals surface area contributed by atoms with Crippen molar-refractivity contribution in [3.63, 3.8) is 0 Å². The first-order chi connectivity index (χ1) is 6.54. The lowest BCUT2D eigenvalue weighted by Crippen LogP contribution is -2.35. The molecule has 0 saturated heterocycles. The number of nitrogens with zero attached hydrogens (tertiary/aromatic N) is 3. The molecule has 2 N–H and O–H groups in total. The molecule has 1 amide bonds. The normalized spacial score (nSPS) is 9.57. The van der Waals surface area contributed by atoms with Gasteiger partial charge in [-0.25, -0.2) is 14.9 Å². The van der Waals surface area contributed by atoms with Crippen molar-refractivity contribution >= 4 is 52.9 Å². The van der Waals surface area contributed by atoms with Crippen molar-refractivity contribution in [2.75, 3.05) is 4.90 Å². The van der Waals surface area contributed by atoms with E-state index in [1.54, 1.807) is 0 Å². The van der Waals surface area contributed by atoms with Gasteiger partial charge in [-0.15, -0.1) is 0 Å². The van der Waals surface area contributed by atoms with Gasteiger partial charge in [-0.3, -0.25) is 4.79 Å². The summed E-state index contributed by atoms with van der Waals surface area (Å²) in [6, 6.07) is 1.33. The van der Waals surface area contributed by atoms with Crippen LogP contribution in [0.25, 0.3) is 0 Å². The Hall–Kier alpha value is -0.980. The van der Waals surface area contributed by atoms with Crippen molar-refractivity contribution in [1.29, 1.82) is 0 Å². The van der Waals surface area contributed by atoms with E-state index in [0.717, 1.165) is 4.90 Å². The average Bonchev–Trinajstić information content (AvgIpc) is 2.02. The molecule has 0 aromatic carbocycles. The quantitative estimate of drug-likeness (QED) is 0.482. The van der Waals surface area contributed by atoms with Crippen molar-refractivity contribution in [2.45, 2.75) is 0 Å². The molecule has 1 rings (SSSR count). The number of hydrogen-bond donors (Lipinski definition) is 1. The Kier molecular flexibility index (Phi) is 3.56. The summed E-state index contributed by atoms with van der Waals surface area (Å²) in [6.07, 6.45) is 0.379. The molecule has 0 fully saturated rings. The van der Waals surface area contributed by atoms with E-state index in [4.69, 9.17) is 28.9 Å². The van der Waals surface area contributed by atoms with Crippen LogP contribution in [-0.2, 0) is 4.79 Å². The summed E-state index contributed by atoms with van der Waals surface area (Å²) in [4.78, 5) is 18.9. The second-order valence-electron chi connectivity index (χ2n) is 2.13. The number of carbonyl (C=O) groups excluding carboxylic acids is 1. The Morgan fingerprint density at radius 1 is 1.50 bits per heavy atom. The summed E-state index contributed by atoms with van der Waals surface area (Å²) in [5.74, 6) is -0.0509. The highest BCUT2D eigenvalue weighted by Gasteiger charge is 2.12. The third kappa shape index (κ3) is 2.50. The van der Waals surface area contributed by atoms with Crippen LogP contribution in [0, 0.1) is 0 Å². The van der Waals surface area contributed by atoms with Crippen molar-refractivity contribution in [2.24, 2.45) is 5.73 Å². The van der Waals surface area contributed by atoms with Crippen LogP contribution in [-0.4, -0.2) is 21.5 Å². The van der Waals surface area contributed by atoms with Gasteiger partial charge >= 0.3 is 0 Å². The first-order valence-corrected chi connectivity index (χ1v) is 4.45. The maximum absolute atomic E-state index is 10.6. The van der Waals surface area contributed by atoms with Gasteiger partial charge in [-0.05, 0) is 12.2 Å². The Bertz CT molecular complexity index is 366. The van der Waals surface area contributed by atoms with Crippen molar-refractivity contribution in [1.82, 2.24) is 9.97 Å². The highest BCUT2D eigenvalue weighted by molar-refractivity contribution is 7.80. The van der Waals surface area contributed by atoms with E-state index in [2.05, 4.69) is 22.2 Å². The summed E-state index contributed by atoms with van der Waals surface area (Å²) in [6.45, 7) is 0. The highest BCUT2D eigenvalue weighted by atomic mass is 35.5. The first kappa shape index (κ1) is 11.1. The van der Waals surface area contributed by atoms with E-state index in [1.807, 2.05) is 0 Å². The van der Waals surface area contributed by atoms with Crippen molar-refractivity contribution in [3.05, 3.63) is 16.4 Å². The molecule has 0 spiro atoms. The van der Waals surface area contributed by atoms with Crippen LogP contribution in [0.15, 0.2) is 6.07 Å². The molecule has 0 radical (unpaired) electrons. The van der Waals surface area contributed by atoms with E-state index in [0.29, 0.717) is 6.41 Å². The van der Waals surface area contributed by atoms with Gasteiger partial charge < -0.3 is 5.73 Å². The molecule has 74 valence electrons. The number of hydrogen-bond acceptors (Lipinski definition) is 4. The molecule has 0 bridgehead atoms. The predicted molar refractivity (Wildman–Crippen MR) is 57.4 cm³/mol. The van der Waals surface area contributed by atoms with E-state index in [-0.39, 0.29) is 21.4 Å². The molecule has 0 unspecified atom stereocenters. The van der Waals surface area contributed by atoms with Gasteiger partial charge in [0.2, 0.25) is 12.4 Å². The minimum absolute atomic E-state index is 0.0509. The number of carbonyl (C=O) groups is 1. The molecule has 5 nitrogen and oxygen atoms in total. The highest BCUT2D eigenvalue weighted by Crippen LogP contribution is 2.16. The van der Waals surface area contributed by atoms with Crippen LogP contribution in [0.5, 0.6) is 0 Å². The van der Waals surface area contributed by atoms with Crippen LogP contribution >= 0.6 is 35.4 Å². The topological polar surface area (TPSA) is 72.1 Å². The molecule has 0 aliphatic carbocycles. The van der Waals surface area contributed by atoms with E-state index < -0.39 is 0 Å². The average molecular weight is 251 g/mol. The maximum atomic E-state index is 10.6. The molecular weight excluding hydrogens is 247 g/mol. The van der Waals surface area contributed by atoms with Crippen LogP contribution < -0.4 is 10.6 Å². The standard InChI is InChI=1S/C6H4Cl2N4OS/c7-3-1-4(8)11-6(10-3)12(2-13)5(9)14/h1-2H,(H2,9,14). The first-order valence-electron chi connectivity index (χ1n) is 3.28. The summed E-state index contributed by atoms with van der Waals surface area (Å²) < 4.78 is 0. The largest absolute Gasteiger partial charge is 0.375 e. The second-order valence-corrected chi connectivity index (χ2v) is 3.32. The Morgan fingerprint density at radius 3 is 2.36 bits per heavy atom. The van der Waals surface area contributed by atoms with Gasteiger partial charge in [0.1, 0.15) is 10.3 Å². The molecule has 0 aliphatic heterocycles. The smallest absolute Gasteiger partial charge is 0.241 e. The SMILES string of the molecule is NC(=S)N(C=O)c1nc(Cl)cc(Cl)n1. The lowest BCUT2D eigenvalue weighted by molar-refractivity contribution is -0.106. The fraction of sp³-hybridized carbons (Fsp3) is 0. The Balaban J connectivity index is 3.16. The number of amides is 1. The number of nitrogens with two attached hydrogens (primary N) is 1. The maximum Gasteiger partial charge on any atom is 0.241 e. The fourth-order valence-corrected chi connectivity index (χ4v) is 1.22. The zero-order chi connectivity index (χ0) is 10.7. The van der Waals surface area contributed by atoms with Gasteiger partial charge in [0.25, 0.3) is 0 Å². The predicted octanol–water partition coefficient (Wildman–Crippen LogP) is 0.990. The number of aromatic nitrogens is 2. The Labute approximate surface area is 94.8 Å². The van der Waals surface area contributed by atoms with Crippen LogP contribution in [0.4, 0.5) is 5.95 Å². The molecule has 0 saturated carbocycles. The van der Waals surface area contributed by atoms with Gasteiger partial charge in [0.15, 0.2) is 5.11 Å². The van der Waals surface area contributed by atoms with Crippen LogP contribution in [0.1, 0.15) is 0 Å². The van der Waals surface area contributed by atoms with E-state index in [9.17, 15) is 4.79 Å². The lowest BCUT2D eigenvalue weighted by atomic mass is 10.6. The minimum atomic E-state index is -0.182. The Morgan fingerprint density at radius 2 is 2.00 bits per heavy atom. The monoisotopic (exact) mass is 250 g/mol. The summed E-state index contributed by atoms with van der Waals surface area (Å²) in [5, 5.41) is 0.0181. The number of thiocarbonyl (C=S) groups is 1. The molecule has 8 heteroatoms. The number of anilines is 1. The second kappa shape index (κ2) is 4.50. The molecule has 0 atom stereocenters. The van der Waals surface area contributed by atoms with Gasteiger partial charge in [-0.1, -0.05) is 23.2 Å². The fourth-order valence-electron chi connectivity index (χ4n) is 0.684. The summed E-state index contributed by atoms with van der Waals surface area (Å²) in [7, 11) is 0. The molecule has 1 aromatic heterocycles. The lowest BCUT2D eigenvalue weighted by Gasteiger charge is -2.12. The van der Waals surface area contributed by atoms with Crippen LogP contribution in [0.3, 0.4) is 0 Å². The third-order valence-corrected chi connectivity index (χ3v) is 1.79. The molecule has 1 heterocycles. The molecule has 0 aliphatic rings. The van der Waals surface area contributed by atoms with E-state index in [1.165, 1.54) is 6.07 Å². The zero-order valence-corrected chi connectivity index (χ0v) is 8.97. The van der Waals surface area contributed by atoms with E-state index >= 15 is 0 Å². The van der Waals surface area contributed by atoms with Crippen LogP contribution in [0.2, 0.25) is 10.3 Å². The third-order valence-electron chi connectivity index (χ3n) is 1.21. The zero-order valence-electron chi connectivity index (χ0n) is 6.65. The molecular formula is C6H4Cl2N4OS. The minimum Gasteiger partial charge on any atom is -0.375 e. The molecule has 14 heavy (non-hydrogen) atoms. The number of rotatable bonds is 2. The molecule has 1 aromatic rings. The van der Waals surface area contributed by atoms with Gasteiger partial charge in [-0.2, -0.15) is 0 Å². The van der Waals surface area contributed by atoms with Crippen molar-refractivity contribution in [3.8, 4) is 0 Å². The van der Waals surface area contributed by atoms with Crippen molar-refractivity contribution < 1.29 is 4.79 Å². The number of halogens is 2. The summed E-state index contributed by atoms with van der Waals surface area (Å²) >= 11 is 15.8. The van der Waals surface area contributed by atoms with Gasteiger partial charge in [0, 0.05) is 6.07 Å². The van der Waals surface area contributed by atoms with Gasteiger partial charge in [0.05, 0.1) is 0 Å². The summed E-state index contributed by atoms with van der Waals surface area (Å²) in [5.41, 5.74) is 5.24.